The van der Waals surface area contributed by atoms with Gasteiger partial charge in [-0.15, -0.1) is 0 Å². The van der Waals surface area contributed by atoms with Crippen molar-refractivity contribution >= 4 is 5.69 Å². The van der Waals surface area contributed by atoms with Gasteiger partial charge in [0.05, 0.1) is 18.4 Å². The summed E-state index contributed by atoms with van der Waals surface area (Å²) in [5, 5.41) is 10.6. The summed E-state index contributed by atoms with van der Waals surface area (Å²) in [6.45, 7) is 5.90. The summed E-state index contributed by atoms with van der Waals surface area (Å²) in [5.41, 5.74) is 6.13. The van der Waals surface area contributed by atoms with Crippen LogP contribution in [0.25, 0.3) is 0 Å². The summed E-state index contributed by atoms with van der Waals surface area (Å²) < 4.78 is 0. The normalized spacial score (nSPS) is 11.0. The van der Waals surface area contributed by atoms with Gasteiger partial charge in [0.15, 0.2) is 0 Å². The molecule has 2 N–H and O–H groups in total. The minimum Gasteiger partial charge on any atom is -0.379 e. The molecule has 0 amide bonds. The molecule has 0 spiro atoms. The Bertz CT molecular complexity index is 543. The number of aromatic amines is 1. The fourth-order valence-electron chi connectivity index (χ4n) is 2.10. The highest BCUT2D eigenvalue weighted by Gasteiger charge is 2.06. The third kappa shape index (κ3) is 3.58. The topological polar surface area (TPSA) is 44.0 Å². The van der Waals surface area contributed by atoms with Gasteiger partial charge in [0, 0.05) is 12.2 Å². The van der Waals surface area contributed by atoms with Crippen LogP contribution in [0.5, 0.6) is 0 Å². The lowest BCUT2D eigenvalue weighted by molar-refractivity contribution is 0.403. The SMILES string of the molecule is Cc1ccc(NCc2[nH]ncc2C)c(CN(C)C)c1. The summed E-state index contributed by atoms with van der Waals surface area (Å²) >= 11 is 0. The standard InChI is InChI=1S/C15H22N4/c1-11-5-6-14(13(7-11)10-19(3)4)16-9-15-12(2)8-17-18-15/h5-8,16H,9-10H2,1-4H3,(H,17,18). The van der Waals surface area contributed by atoms with Crippen LogP contribution >= 0.6 is 0 Å². The molecule has 0 aliphatic heterocycles. The van der Waals surface area contributed by atoms with E-state index in [1.807, 2.05) is 6.20 Å². The predicted molar refractivity (Wildman–Crippen MR) is 79.2 cm³/mol. The third-order valence-corrected chi connectivity index (χ3v) is 3.14. The number of rotatable bonds is 5. The smallest absolute Gasteiger partial charge is 0.0572 e. The zero-order chi connectivity index (χ0) is 13.8. The highest BCUT2D eigenvalue weighted by Crippen LogP contribution is 2.19. The van der Waals surface area contributed by atoms with E-state index in [0.717, 1.165) is 18.8 Å². The zero-order valence-electron chi connectivity index (χ0n) is 12.1. The Kier molecular flexibility index (Phi) is 4.22. The zero-order valence-corrected chi connectivity index (χ0v) is 12.1. The van der Waals surface area contributed by atoms with Crippen LogP contribution in [0.1, 0.15) is 22.4 Å². The minimum absolute atomic E-state index is 0.773. The molecular formula is C15H22N4. The maximum Gasteiger partial charge on any atom is 0.0572 e. The molecule has 2 aromatic rings. The van der Waals surface area contributed by atoms with E-state index in [2.05, 4.69) is 66.6 Å². The van der Waals surface area contributed by atoms with Gasteiger partial charge in [-0.05, 0) is 45.1 Å². The summed E-state index contributed by atoms with van der Waals surface area (Å²) in [6.07, 6.45) is 1.85. The average Bonchev–Trinajstić information content (AvgIpc) is 2.73. The van der Waals surface area contributed by atoms with Crippen molar-refractivity contribution in [2.45, 2.75) is 26.9 Å². The van der Waals surface area contributed by atoms with Crippen molar-refractivity contribution in [1.29, 1.82) is 0 Å². The molecule has 19 heavy (non-hydrogen) atoms. The van der Waals surface area contributed by atoms with E-state index >= 15 is 0 Å². The number of H-pyrrole nitrogens is 1. The quantitative estimate of drug-likeness (QED) is 0.866. The number of aromatic nitrogens is 2. The summed E-state index contributed by atoms with van der Waals surface area (Å²) in [4.78, 5) is 2.18. The Morgan fingerprint density at radius 3 is 2.68 bits per heavy atom. The van der Waals surface area contributed by atoms with E-state index in [9.17, 15) is 0 Å². The highest BCUT2D eigenvalue weighted by molar-refractivity contribution is 5.53. The number of hydrogen-bond acceptors (Lipinski definition) is 3. The molecule has 1 heterocycles. The number of hydrogen-bond donors (Lipinski definition) is 2. The molecule has 0 saturated heterocycles. The van der Waals surface area contributed by atoms with Gasteiger partial charge in [0.1, 0.15) is 0 Å². The van der Waals surface area contributed by atoms with Crippen LogP contribution in [0.15, 0.2) is 24.4 Å². The molecule has 0 atom stereocenters. The lowest BCUT2D eigenvalue weighted by Gasteiger charge is -2.16. The Labute approximate surface area is 114 Å². The summed E-state index contributed by atoms with van der Waals surface area (Å²) in [5.74, 6) is 0. The van der Waals surface area contributed by atoms with E-state index in [1.165, 1.54) is 22.4 Å². The Morgan fingerprint density at radius 1 is 1.26 bits per heavy atom. The molecule has 0 aliphatic carbocycles. The molecule has 0 radical (unpaired) electrons. The molecule has 0 aliphatic rings. The first-order valence-corrected chi connectivity index (χ1v) is 6.53. The van der Waals surface area contributed by atoms with E-state index < -0.39 is 0 Å². The molecule has 0 unspecified atom stereocenters. The Hall–Kier alpha value is -1.81. The van der Waals surface area contributed by atoms with Crippen molar-refractivity contribution in [3.05, 3.63) is 46.8 Å². The minimum atomic E-state index is 0.773. The van der Waals surface area contributed by atoms with Gasteiger partial charge in [0.25, 0.3) is 0 Å². The second-order valence-electron chi connectivity index (χ2n) is 5.28. The Balaban J connectivity index is 2.13. The first-order chi connectivity index (χ1) is 9.06. The van der Waals surface area contributed by atoms with E-state index in [4.69, 9.17) is 0 Å². The molecule has 102 valence electrons. The van der Waals surface area contributed by atoms with Crippen molar-refractivity contribution in [2.24, 2.45) is 0 Å². The van der Waals surface area contributed by atoms with Gasteiger partial charge in [-0.2, -0.15) is 5.10 Å². The fourth-order valence-corrected chi connectivity index (χ4v) is 2.10. The second-order valence-corrected chi connectivity index (χ2v) is 5.28. The maximum atomic E-state index is 4.05. The molecule has 4 nitrogen and oxygen atoms in total. The van der Waals surface area contributed by atoms with Crippen molar-refractivity contribution in [3.8, 4) is 0 Å². The average molecular weight is 258 g/mol. The predicted octanol–water partition coefficient (Wildman–Crippen LogP) is 2.70. The molecule has 1 aromatic heterocycles. The number of anilines is 1. The van der Waals surface area contributed by atoms with Crippen molar-refractivity contribution in [1.82, 2.24) is 15.1 Å². The molecule has 0 saturated carbocycles. The van der Waals surface area contributed by atoms with Gasteiger partial charge < -0.3 is 10.2 Å². The third-order valence-electron chi connectivity index (χ3n) is 3.14. The second kappa shape index (κ2) is 5.89. The lowest BCUT2D eigenvalue weighted by Crippen LogP contribution is -2.13. The van der Waals surface area contributed by atoms with E-state index in [-0.39, 0.29) is 0 Å². The van der Waals surface area contributed by atoms with Gasteiger partial charge >= 0.3 is 0 Å². The van der Waals surface area contributed by atoms with Gasteiger partial charge in [0.2, 0.25) is 0 Å². The number of benzene rings is 1. The van der Waals surface area contributed by atoms with Crippen molar-refractivity contribution < 1.29 is 0 Å². The van der Waals surface area contributed by atoms with Crippen molar-refractivity contribution in [3.63, 3.8) is 0 Å². The Morgan fingerprint density at radius 2 is 2.05 bits per heavy atom. The molecule has 4 heteroatoms. The molecule has 0 bridgehead atoms. The van der Waals surface area contributed by atoms with Crippen LogP contribution in [-0.4, -0.2) is 29.2 Å². The summed E-state index contributed by atoms with van der Waals surface area (Å²) in [7, 11) is 4.18. The molecular weight excluding hydrogens is 236 g/mol. The van der Waals surface area contributed by atoms with Crippen LogP contribution < -0.4 is 5.32 Å². The number of nitrogens with zero attached hydrogens (tertiary/aromatic N) is 2. The maximum absolute atomic E-state index is 4.05. The van der Waals surface area contributed by atoms with Crippen LogP contribution in [0.2, 0.25) is 0 Å². The lowest BCUT2D eigenvalue weighted by atomic mass is 10.1. The van der Waals surface area contributed by atoms with Gasteiger partial charge in [-0.25, -0.2) is 0 Å². The van der Waals surface area contributed by atoms with Crippen LogP contribution in [-0.2, 0) is 13.1 Å². The largest absolute Gasteiger partial charge is 0.379 e. The monoisotopic (exact) mass is 258 g/mol. The fraction of sp³-hybridized carbons (Fsp3) is 0.400. The van der Waals surface area contributed by atoms with Crippen LogP contribution in [0, 0.1) is 13.8 Å². The number of aryl methyl sites for hydroxylation is 2. The first kappa shape index (κ1) is 13.6. The first-order valence-electron chi connectivity index (χ1n) is 6.53. The molecule has 2 rings (SSSR count). The molecule has 1 aromatic carbocycles. The van der Waals surface area contributed by atoms with Gasteiger partial charge in [-0.1, -0.05) is 17.7 Å². The van der Waals surface area contributed by atoms with Crippen LogP contribution in [0.4, 0.5) is 5.69 Å². The molecule has 0 fully saturated rings. The van der Waals surface area contributed by atoms with E-state index in [0.29, 0.717) is 0 Å². The van der Waals surface area contributed by atoms with Crippen LogP contribution in [0.3, 0.4) is 0 Å². The van der Waals surface area contributed by atoms with Crippen molar-refractivity contribution in [2.75, 3.05) is 19.4 Å². The van der Waals surface area contributed by atoms with E-state index in [1.54, 1.807) is 0 Å². The summed E-state index contributed by atoms with van der Waals surface area (Å²) in [6, 6.07) is 6.53. The van der Waals surface area contributed by atoms with Gasteiger partial charge in [-0.3, -0.25) is 5.10 Å². The number of nitrogens with one attached hydrogen (secondary N) is 2. The highest BCUT2D eigenvalue weighted by atomic mass is 15.1.